The van der Waals surface area contributed by atoms with Crippen LogP contribution in [0.25, 0.3) is 0 Å². The molecule has 1 N–H and O–H groups in total. The standard InChI is InChI=1S/C13H21NO4S3/c1-2-3-4-7-14-11-9-20(15,16)10-12(11)21(17,18)13-6-5-8-19-13/h5-6,8,11-12,14H,2-4,7,9-10H2,1H3/t11-,12-/m0/s1. The Balaban J connectivity index is 2.15. The van der Waals surface area contributed by atoms with Crippen molar-refractivity contribution in [2.24, 2.45) is 0 Å². The minimum absolute atomic E-state index is 0.0889. The topological polar surface area (TPSA) is 80.3 Å². The molecule has 0 amide bonds. The molecule has 0 bridgehead atoms. The van der Waals surface area contributed by atoms with E-state index in [0.29, 0.717) is 6.54 Å². The van der Waals surface area contributed by atoms with E-state index in [1.807, 2.05) is 0 Å². The highest BCUT2D eigenvalue weighted by Crippen LogP contribution is 2.28. The summed E-state index contributed by atoms with van der Waals surface area (Å²) in [4.78, 5) is 0. The number of hydrogen-bond donors (Lipinski definition) is 1. The fourth-order valence-electron chi connectivity index (χ4n) is 2.55. The number of nitrogens with one attached hydrogen (secondary N) is 1. The second-order valence-electron chi connectivity index (χ2n) is 5.36. The maximum absolute atomic E-state index is 12.6. The zero-order chi connectivity index (χ0) is 15.5. The maximum atomic E-state index is 12.6. The first-order valence-electron chi connectivity index (χ1n) is 7.08. The van der Waals surface area contributed by atoms with Crippen LogP contribution in [0.4, 0.5) is 0 Å². The van der Waals surface area contributed by atoms with Gasteiger partial charge in [-0.3, -0.25) is 0 Å². The van der Waals surface area contributed by atoms with E-state index >= 15 is 0 Å². The Hall–Kier alpha value is -0.440. The van der Waals surface area contributed by atoms with Crippen LogP contribution in [0.3, 0.4) is 0 Å². The highest BCUT2D eigenvalue weighted by Gasteiger charge is 2.45. The average molecular weight is 352 g/mol. The number of hydrogen-bond acceptors (Lipinski definition) is 6. The fourth-order valence-corrected chi connectivity index (χ4v) is 8.49. The molecule has 2 rings (SSSR count). The summed E-state index contributed by atoms with van der Waals surface area (Å²) >= 11 is 1.14. The van der Waals surface area contributed by atoms with Crippen LogP contribution in [0.15, 0.2) is 21.7 Å². The van der Waals surface area contributed by atoms with Crippen molar-refractivity contribution in [2.45, 2.75) is 41.7 Å². The zero-order valence-corrected chi connectivity index (χ0v) is 14.4. The van der Waals surface area contributed by atoms with Crippen molar-refractivity contribution in [3.63, 3.8) is 0 Å². The van der Waals surface area contributed by atoms with Crippen LogP contribution in [0.2, 0.25) is 0 Å². The second kappa shape index (κ2) is 6.76. The molecule has 0 saturated carbocycles. The molecule has 1 aromatic rings. The van der Waals surface area contributed by atoms with Crippen LogP contribution >= 0.6 is 11.3 Å². The van der Waals surface area contributed by atoms with Gasteiger partial charge in [0.05, 0.1) is 16.8 Å². The predicted molar refractivity (Wildman–Crippen MR) is 85.3 cm³/mol. The summed E-state index contributed by atoms with van der Waals surface area (Å²) in [5.74, 6) is -0.368. The zero-order valence-electron chi connectivity index (χ0n) is 12.0. The first kappa shape index (κ1) is 16.9. The van der Waals surface area contributed by atoms with Crippen molar-refractivity contribution in [2.75, 3.05) is 18.1 Å². The monoisotopic (exact) mass is 351 g/mol. The number of rotatable bonds is 7. The molecule has 2 atom stereocenters. The summed E-state index contributed by atoms with van der Waals surface area (Å²) in [6, 6.07) is 2.71. The Kier molecular flexibility index (Phi) is 5.45. The van der Waals surface area contributed by atoms with Crippen molar-refractivity contribution in [3.8, 4) is 0 Å². The van der Waals surface area contributed by atoms with Gasteiger partial charge in [0.15, 0.2) is 19.7 Å². The van der Waals surface area contributed by atoms with Crippen LogP contribution < -0.4 is 5.32 Å². The maximum Gasteiger partial charge on any atom is 0.193 e. The van der Waals surface area contributed by atoms with E-state index < -0.39 is 31.0 Å². The van der Waals surface area contributed by atoms with Crippen LogP contribution in [0.5, 0.6) is 0 Å². The normalized spacial score (nSPS) is 25.2. The van der Waals surface area contributed by atoms with E-state index in [9.17, 15) is 16.8 Å². The highest BCUT2D eigenvalue weighted by atomic mass is 32.2. The van der Waals surface area contributed by atoms with E-state index in [1.54, 1.807) is 17.5 Å². The molecular formula is C13H21NO4S3. The molecule has 1 saturated heterocycles. The molecular weight excluding hydrogens is 330 g/mol. The molecule has 5 nitrogen and oxygen atoms in total. The Morgan fingerprint density at radius 3 is 2.71 bits per heavy atom. The van der Waals surface area contributed by atoms with Gasteiger partial charge in [0.25, 0.3) is 0 Å². The van der Waals surface area contributed by atoms with Crippen molar-refractivity contribution in [1.29, 1.82) is 0 Å². The third kappa shape index (κ3) is 4.06. The molecule has 0 aromatic carbocycles. The molecule has 2 heterocycles. The van der Waals surface area contributed by atoms with Gasteiger partial charge in [-0.25, -0.2) is 16.8 Å². The van der Waals surface area contributed by atoms with E-state index in [-0.39, 0.29) is 15.7 Å². The van der Waals surface area contributed by atoms with Gasteiger partial charge in [0, 0.05) is 6.04 Å². The van der Waals surface area contributed by atoms with Crippen molar-refractivity contribution in [3.05, 3.63) is 17.5 Å². The molecule has 21 heavy (non-hydrogen) atoms. The summed E-state index contributed by atoms with van der Waals surface area (Å²) in [6.07, 6.45) is 3.05. The van der Waals surface area contributed by atoms with E-state index in [2.05, 4.69) is 12.2 Å². The van der Waals surface area contributed by atoms with Crippen LogP contribution in [-0.4, -0.2) is 46.2 Å². The highest BCUT2D eigenvalue weighted by molar-refractivity contribution is 7.97. The van der Waals surface area contributed by atoms with Gasteiger partial charge in [-0.1, -0.05) is 25.8 Å². The lowest BCUT2D eigenvalue weighted by molar-refractivity contribution is 0.513. The Morgan fingerprint density at radius 2 is 2.10 bits per heavy atom. The third-order valence-corrected chi connectivity index (χ3v) is 9.24. The molecule has 0 unspecified atom stereocenters. The molecule has 1 aliphatic heterocycles. The fraction of sp³-hybridized carbons (Fsp3) is 0.692. The summed E-state index contributed by atoms with van der Waals surface area (Å²) in [6.45, 7) is 2.74. The molecule has 120 valence electrons. The minimum Gasteiger partial charge on any atom is -0.312 e. The summed E-state index contributed by atoms with van der Waals surface area (Å²) in [7, 11) is -6.88. The molecule has 1 aromatic heterocycles. The third-order valence-electron chi connectivity index (χ3n) is 3.66. The molecule has 1 aliphatic rings. The van der Waals surface area contributed by atoms with Crippen molar-refractivity contribution < 1.29 is 16.8 Å². The summed E-state index contributed by atoms with van der Waals surface area (Å²) in [5, 5.41) is 3.96. The number of thiophene rings is 1. The largest absolute Gasteiger partial charge is 0.312 e. The number of sulfone groups is 2. The summed E-state index contributed by atoms with van der Waals surface area (Å²) in [5.41, 5.74) is 0. The quantitative estimate of drug-likeness (QED) is 0.753. The van der Waals surface area contributed by atoms with Gasteiger partial charge in [-0.2, -0.15) is 0 Å². The Morgan fingerprint density at radius 1 is 1.33 bits per heavy atom. The van der Waals surface area contributed by atoms with E-state index in [0.717, 1.165) is 30.6 Å². The van der Waals surface area contributed by atoms with Gasteiger partial charge < -0.3 is 5.32 Å². The lowest BCUT2D eigenvalue weighted by Crippen LogP contribution is -2.43. The Labute approximate surface area is 130 Å². The summed E-state index contributed by atoms with van der Waals surface area (Å²) < 4.78 is 49.1. The van der Waals surface area contributed by atoms with Crippen LogP contribution in [-0.2, 0) is 19.7 Å². The lowest BCUT2D eigenvalue weighted by atomic mass is 10.2. The molecule has 8 heteroatoms. The van der Waals surface area contributed by atoms with E-state index in [4.69, 9.17) is 0 Å². The van der Waals surface area contributed by atoms with Crippen molar-refractivity contribution >= 4 is 31.0 Å². The molecule has 1 fully saturated rings. The van der Waals surface area contributed by atoms with Crippen molar-refractivity contribution in [1.82, 2.24) is 5.32 Å². The second-order valence-corrected chi connectivity index (χ2v) is 10.9. The SMILES string of the molecule is CCCCCN[C@H]1CS(=O)(=O)C[C@@H]1S(=O)(=O)c1cccs1. The predicted octanol–water partition coefficient (Wildman–Crippen LogP) is 1.47. The average Bonchev–Trinajstić information content (AvgIpc) is 3.02. The lowest BCUT2D eigenvalue weighted by Gasteiger charge is -2.19. The molecule has 0 spiro atoms. The van der Waals surface area contributed by atoms with Gasteiger partial charge in [-0.05, 0) is 24.4 Å². The van der Waals surface area contributed by atoms with E-state index in [1.165, 1.54) is 0 Å². The molecule has 0 radical (unpaired) electrons. The smallest absolute Gasteiger partial charge is 0.193 e. The van der Waals surface area contributed by atoms with Crippen LogP contribution in [0.1, 0.15) is 26.2 Å². The first-order valence-corrected chi connectivity index (χ1v) is 11.3. The van der Waals surface area contributed by atoms with Crippen LogP contribution in [0, 0.1) is 0 Å². The van der Waals surface area contributed by atoms with Gasteiger partial charge in [0.2, 0.25) is 0 Å². The van der Waals surface area contributed by atoms with Gasteiger partial charge in [-0.15, -0.1) is 11.3 Å². The molecule has 0 aliphatic carbocycles. The van der Waals surface area contributed by atoms with Gasteiger partial charge >= 0.3 is 0 Å². The minimum atomic E-state index is -3.58. The van der Waals surface area contributed by atoms with Gasteiger partial charge in [0.1, 0.15) is 4.21 Å². The Bertz CT molecular complexity index is 650. The first-order chi connectivity index (χ1) is 9.87. The number of unbranched alkanes of at least 4 members (excludes halogenated alkanes) is 2.